The van der Waals surface area contributed by atoms with Gasteiger partial charge in [0.25, 0.3) is 0 Å². The van der Waals surface area contributed by atoms with Crippen LogP contribution in [0.1, 0.15) is 75.2 Å². The predicted octanol–water partition coefficient (Wildman–Crippen LogP) is 4.80. The van der Waals surface area contributed by atoms with Crippen molar-refractivity contribution in [2.75, 3.05) is 40.4 Å². The molecule has 1 unspecified atom stereocenters. The van der Waals surface area contributed by atoms with E-state index in [1.165, 1.54) is 4.31 Å². The van der Waals surface area contributed by atoms with Crippen molar-refractivity contribution in [2.45, 2.75) is 82.2 Å². The Morgan fingerprint density at radius 2 is 1.77 bits per heavy atom. The number of hydrogen-bond acceptors (Lipinski definition) is 7. The van der Waals surface area contributed by atoms with Gasteiger partial charge in [-0.3, -0.25) is 0 Å². The average molecular weight is 563 g/mol. The number of sulfonamides is 1. The van der Waals surface area contributed by atoms with Gasteiger partial charge in [0.2, 0.25) is 15.8 Å². The van der Waals surface area contributed by atoms with Gasteiger partial charge in [-0.2, -0.15) is 0 Å². The second-order valence-electron chi connectivity index (χ2n) is 10.8. The quantitative estimate of drug-likeness (QED) is 0.267. The zero-order chi connectivity index (χ0) is 28.3. The molecule has 1 heterocycles. The highest BCUT2D eigenvalue weighted by Gasteiger charge is 2.27. The van der Waals surface area contributed by atoms with Gasteiger partial charge in [-0.15, -0.1) is 0 Å². The first-order chi connectivity index (χ1) is 18.6. The molecule has 1 aliphatic heterocycles. The van der Waals surface area contributed by atoms with Crippen LogP contribution in [0.2, 0.25) is 0 Å². The Labute approximate surface area is 234 Å². The second-order valence-corrected chi connectivity index (χ2v) is 12.9. The summed E-state index contributed by atoms with van der Waals surface area (Å²) in [5.41, 5.74) is 2.88. The molecule has 0 bridgehead atoms. The molecule has 218 valence electrons. The molecule has 0 radical (unpaired) electrons. The van der Waals surface area contributed by atoms with Crippen LogP contribution in [-0.2, 0) is 32.5 Å². The van der Waals surface area contributed by atoms with Crippen molar-refractivity contribution in [3.63, 3.8) is 0 Å². The maximum absolute atomic E-state index is 12.3. The van der Waals surface area contributed by atoms with Gasteiger partial charge < -0.3 is 24.6 Å². The molecule has 3 rings (SSSR count). The van der Waals surface area contributed by atoms with Gasteiger partial charge in [-0.1, -0.05) is 31.0 Å². The largest absolute Gasteiger partial charge is 0.463 e. The van der Waals surface area contributed by atoms with Gasteiger partial charge in [-0.05, 0) is 74.0 Å². The summed E-state index contributed by atoms with van der Waals surface area (Å²) in [6.45, 7) is 7.17. The van der Waals surface area contributed by atoms with Gasteiger partial charge >= 0.3 is 0 Å². The summed E-state index contributed by atoms with van der Waals surface area (Å²) in [7, 11) is -0.293. The van der Waals surface area contributed by atoms with Gasteiger partial charge in [-0.25, -0.2) is 12.7 Å². The van der Waals surface area contributed by atoms with Crippen LogP contribution in [-0.4, -0.2) is 64.0 Å². The molecule has 0 saturated heterocycles. The fourth-order valence-electron chi connectivity index (χ4n) is 4.44. The van der Waals surface area contributed by atoms with E-state index in [0.717, 1.165) is 87.1 Å². The lowest BCUT2D eigenvalue weighted by molar-refractivity contribution is -0.180. The molecule has 2 N–H and O–H groups in total. The van der Waals surface area contributed by atoms with E-state index in [1.807, 2.05) is 38.1 Å². The van der Waals surface area contributed by atoms with E-state index in [4.69, 9.17) is 14.2 Å². The van der Waals surface area contributed by atoms with Gasteiger partial charge in [0.1, 0.15) is 5.75 Å². The summed E-state index contributed by atoms with van der Waals surface area (Å²) >= 11 is 0. The fraction of sp³-hybridized carbons (Fsp3) is 0.600. The number of hydrogen-bond donors (Lipinski definition) is 2. The third kappa shape index (κ3) is 10.2. The molecule has 0 amide bonds. The number of nitrogens with one attached hydrogen (secondary N) is 1. The van der Waals surface area contributed by atoms with Crippen LogP contribution in [0.15, 0.2) is 47.4 Å². The van der Waals surface area contributed by atoms with Gasteiger partial charge in [0.15, 0.2) is 0 Å². The van der Waals surface area contributed by atoms with Crippen molar-refractivity contribution in [3.05, 3.63) is 59.2 Å². The summed E-state index contributed by atoms with van der Waals surface area (Å²) in [5.74, 6) is 0.205. The zero-order valence-electron chi connectivity index (χ0n) is 23.9. The minimum absolute atomic E-state index is 0.345. The van der Waals surface area contributed by atoms with E-state index in [1.54, 1.807) is 32.3 Å². The first-order valence-corrected chi connectivity index (χ1v) is 15.5. The smallest absolute Gasteiger partial charge is 0.242 e. The maximum atomic E-state index is 12.3. The molecule has 8 nitrogen and oxygen atoms in total. The molecule has 1 atom stereocenters. The van der Waals surface area contributed by atoms with E-state index >= 15 is 0 Å². The van der Waals surface area contributed by atoms with Crippen molar-refractivity contribution in [3.8, 4) is 5.75 Å². The van der Waals surface area contributed by atoms with Crippen molar-refractivity contribution < 1.29 is 27.7 Å². The van der Waals surface area contributed by atoms with Crippen LogP contribution in [0, 0.1) is 0 Å². The molecule has 39 heavy (non-hydrogen) atoms. The first kappa shape index (κ1) is 31.5. The molecule has 2 aromatic rings. The number of rotatable bonds is 17. The highest BCUT2D eigenvalue weighted by molar-refractivity contribution is 7.89. The topological polar surface area (TPSA) is 97.3 Å². The van der Waals surface area contributed by atoms with Crippen molar-refractivity contribution >= 4 is 10.0 Å². The molecule has 0 aliphatic carbocycles. The summed E-state index contributed by atoms with van der Waals surface area (Å²) in [6.07, 6.45) is 6.57. The number of fused-ring (bicyclic) bond motifs is 1. The maximum Gasteiger partial charge on any atom is 0.242 e. The molecule has 0 aromatic heterocycles. The third-order valence-electron chi connectivity index (χ3n) is 6.81. The molecule has 9 heteroatoms. The minimum atomic E-state index is -3.39. The highest BCUT2D eigenvalue weighted by Crippen LogP contribution is 2.32. The third-order valence-corrected chi connectivity index (χ3v) is 8.62. The van der Waals surface area contributed by atoms with Crippen LogP contribution < -0.4 is 10.1 Å². The Bertz CT molecular complexity index is 1140. The number of nitrogens with zero attached hydrogens (tertiary/aromatic N) is 1. The Hall–Kier alpha value is -2.01. The number of aryl methyl sites for hydroxylation is 1. The van der Waals surface area contributed by atoms with Crippen molar-refractivity contribution in [1.29, 1.82) is 0 Å². The Balaban J connectivity index is 1.17. The number of aliphatic hydroxyl groups excluding tert-OH is 1. The summed E-state index contributed by atoms with van der Waals surface area (Å²) in [5, 5.41) is 13.9. The normalized spacial score (nSPS) is 15.6. The lowest BCUT2D eigenvalue weighted by Crippen LogP contribution is -2.35. The molecule has 2 aromatic carbocycles. The van der Waals surface area contributed by atoms with Gasteiger partial charge in [0.05, 0.1) is 17.6 Å². The second kappa shape index (κ2) is 15.1. The average Bonchev–Trinajstić information content (AvgIpc) is 2.90. The van der Waals surface area contributed by atoms with E-state index in [0.29, 0.717) is 18.0 Å². The molecule has 0 saturated carbocycles. The monoisotopic (exact) mass is 562 g/mol. The SMILES string of the molecule is CN(C)S(=O)(=O)c1cccc(CCCCOCCCCCCNCC(O)c2ccc3c(c2)COC(C)(C)O3)c1. The molecule has 0 spiro atoms. The lowest BCUT2D eigenvalue weighted by atomic mass is 10.0. The Morgan fingerprint density at radius 3 is 2.54 bits per heavy atom. The van der Waals surface area contributed by atoms with Crippen molar-refractivity contribution in [1.82, 2.24) is 9.62 Å². The number of benzene rings is 2. The van der Waals surface area contributed by atoms with E-state index < -0.39 is 21.9 Å². The van der Waals surface area contributed by atoms with E-state index in [-0.39, 0.29) is 0 Å². The number of unbranched alkanes of at least 4 members (excludes halogenated alkanes) is 4. The van der Waals surface area contributed by atoms with Crippen LogP contribution in [0.4, 0.5) is 0 Å². The Kier molecular flexibility index (Phi) is 12.2. The van der Waals surface area contributed by atoms with Crippen molar-refractivity contribution in [2.24, 2.45) is 0 Å². The molecule has 1 aliphatic rings. The van der Waals surface area contributed by atoms with Crippen LogP contribution in [0.3, 0.4) is 0 Å². The minimum Gasteiger partial charge on any atom is -0.463 e. The Morgan fingerprint density at radius 1 is 1.03 bits per heavy atom. The first-order valence-electron chi connectivity index (χ1n) is 14.0. The predicted molar refractivity (Wildman–Crippen MR) is 153 cm³/mol. The number of ether oxygens (including phenoxy) is 3. The summed E-state index contributed by atoms with van der Waals surface area (Å²) in [6, 6.07) is 13.0. The molecular weight excluding hydrogens is 516 g/mol. The van der Waals surface area contributed by atoms with Gasteiger partial charge in [0, 0.05) is 53.3 Å². The molecule has 0 fully saturated rings. The van der Waals surface area contributed by atoms with Crippen LogP contribution in [0.25, 0.3) is 0 Å². The summed E-state index contributed by atoms with van der Waals surface area (Å²) in [4.78, 5) is 0.345. The molecular formula is C30H46N2O6S. The highest BCUT2D eigenvalue weighted by atomic mass is 32.2. The standard InChI is InChI=1S/C30H46N2O6S/c1-30(2)37-23-26-21-25(15-16-29(26)38-30)28(33)22-31-17-8-5-6-9-18-36-19-10-7-12-24-13-11-14-27(20-24)39(34,35)32(3)4/h11,13-16,20-21,28,31,33H,5-10,12,17-19,22-23H2,1-4H3. The summed E-state index contributed by atoms with van der Waals surface area (Å²) < 4.78 is 43.1. The zero-order valence-corrected chi connectivity index (χ0v) is 24.8. The van der Waals surface area contributed by atoms with E-state index in [9.17, 15) is 13.5 Å². The number of aliphatic hydroxyl groups is 1. The van der Waals surface area contributed by atoms with Crippen LogP contribution in [0.5, 0.6) is 5.75 Å². The van der Waals surface area contributed by atoms with Crippen LogP contribution >= 0.6 is 0 Å². The van der Waals surface area contributed by atoms with E-state index in [2.05, 4.69) is 5.32 Å². The lowest BCUT2D eigenvalue weighted by Gasteiger charge is -2.33. The fourth-order valence-corrected chi connectivity index (χ4v) is 5.41.